The van der Waals surface area contributed by atoms with Gasteiger partial charge in [0.1, 0.15) is 11.5 Å². The van der Waals surface area contributed by atoms with Crippen LogP contribution in [-0.4, -0.2) is 24.2 Å². The average Bonchev–Trinajstić information content (AvgIpc) is 2.73. The second-order valence-electron chi connectivity index (χ2n) is 4.19. The van der Waals surface area contributed by atoms with Crippen LogP contribution in [0.4, 0.5) is 0 Å². The molecule has 0 saturated carbocycles. The highest BCUT2D eigenvalue weighted by Gasteiger charge is 2.20. The highest BCUT2D eigenvalue weighted by molar-refractivity contribution is 5.78. The Hall–Kier alpha value is -1.36. The summed E-state index contributed by atoms with van der Waals surface area (Å²) in [5.74, 6) is 0.971. The van der Waals surface area contributed by atoms with E-state index in [0.29, 0.717) is 6.54 Å². The molecule has 2 rings (SSSR count). The highest BCUT2D eigenvalue weighted by Crippen LogP contribution is 2.10. The van der Waals surface area contributed by atoms with Gasteiger partial charge in [-0.1, -0.05) is 5.16 Å². The lowest BCUT2D eigenvalue weighted by Crippen LogP contribution is -2.40. The van der Waals surface area contributed by atoms with E-state index in [9.17, 15) is 4.79 Å². The summed E-state index contributed by atoms with van der Waals surface area (Å²) in [7, 11) is 0. The molecule has 5 nitrogen and oxygen atoms in total. The number of aromatic nitrogens is 1. The van der Waals surface area contributed by atoms with Crippen LogP contribution in [0.5, 0.6) is 0 Å². The molecule has 5 heteroatoms. The molecule has 0 unspecified atom stereocenters. The topological polar surface area (TPSA) is 67.2 Å². The SMILES string of the molecule is Cc1cc(CNC(=O)[C@H]2CCCNC2)no1. The Morgan fingerprint density at radius 1 is 1.75 bits per heavy atom. The molecule has 0 bridgehead atoms. The maximum atomic E-state index is 11.8. The minimum absolute atomic E-state index is 0.0988. The van der Waals surface area contributed by atoms with E-state index in [4.69, 9.17) is 4.52 Å². The molecule has 16 heavy (non-hydrogen) atoms. The summed E-state index contributed by atoms with van der Waals surface area (Å²) in [6, 6.07) is 1.83. The van der Waals surface area contributed by atoms with Crippen molar-refractivity contribution in [3.05, 3.63) is 17.5 Å². The van der Waals surface area contributed by atoms with E-state index < -0.39 is 0 Å². The molecule has 1 atom stereocenters. The number of amides is 1. The lowest BCUT2D eigenvalue weighted by atomic mass is 9.99. The number of hydrogen-bond acceptors (Lipinski definition) is 4. The van der Waals surface area contributed by atoms with Crippen molar-refractivity contribution >= 4 is 5.91 Å². The Bertz CT molecular complexity index is 356. The van der Waals surface area contributed by atoms with Gasteiger partial charge < -0.3 is 15.2 Å². The Kier molecular flexibility index (Phi) is 3.56. The van der Waals surface area contributed by atoms with Crippen LogP contribution in [0.1, 0.15) is 24.3 Å². The molecule has 1 aliphatic rings. The highest BCUT2D eigenvalue weighted by atomic mass is 16.5. The minimum atomic E-state index is 0.0988. The summed E-state index contributed by atoms with van der Waals surface area (Å²) in [5, 5.41) is 9.93. The number of hydrogen-bond donors (Lipinski definition) is 2. The molecule has 0 aliphatic carbocycles. The first-order valence-electron chi connectivity index (χ1n) is 5.66. The number of piperidine rings is 1. The van der Waals surface area contributed by atoms with Gasteiger partial charge in [-0.3, -0.25) is 4.79 Å². The Morgan fingerprint density at radius 3 is 3.25 bits per heavy atom. The number of nitrogens with one attached hydrogen (secondary N) is 2. The predicted octanol–water partition coefficient (Wildman–Crippen LogP) is 0.599. The molecule has 1 saturated heterocycles. The van der Waals surface area contributed by atoms with Gasteiger partial charge in [-0.15, -0.1) is 0 Å². The third-order valence-electron chi connectivity index (χ3n) is 2.79. The number of carbonyl (C=O) groups excluding carboxylic acids is 1. The van der Waals surface area contributed by atoms with Crippen LogP contribution < -0.4 is 10.6 Å². The van der Waals surface area contributed by atoms with Gasteiger partial charge in [0.05, 0.1) is 12.5 Å². The van der Waals surface area contributed by atoms with Crippen LogP contribution in [0.25, 0.3) is 0 Å². The van der Waals surface area contributed by atoms with Gasteiger partial charge in [-0.2, -0.15) is 0 Å². The van der Waals surface area contributed by atoms with Gasteiger partial charge in [0.2, 0.25) is 5.91 Å². The van der Waals surface area contributed by atoms with E-state index in [1.165, 1.54) is 0 Å². The standard InChI is InChI=1S/C11H17N3O2/c1-8-5-10(14-16-8)7-13-11(15)9-3-2-4-12-6-9/h5,9,12H,2-4,6-7H2,1H3,(H,13,15)/t9-/m0/s1. The van der Waals surface area contributed by atoms with E-state index >= 15 is 0 Å². The molecule has 0 radical (unpaired) electrons. The summed E-state index contributed by atoms with van der Waals surface area (Å²) >= 11 is 0. The van der Waals surface area contributed by atoms with Crippen molar-refractivity contribution in [2.24, 2.45) is 5.92 Å². The maximum absolute atomic E-state index is 11.8. The van der Waals surface area contributed by atoms with Crippen LogP contribution in [0, 0.1) is 12.8 Å². The molecule has 0 aromatic carbocycles. The van der Waals surface area contributed by atoms with Gasteiger partial charge >= 0.3 is 0 Å². The van der Waals surface area contributed by atoms with E-state index in [0.717, 1.165) is 37.4 Å². The molecule has 88 valence electrons. The monoisotopic (exact) mass is 223 g/mol. The normalized spacial score (nSPS) is 20.7. The Labute approximate surface area is 94.6 Å². The van der Waals surface area contributed by atoms with Gasteiger partial charge in [-0.25, -0.2) is 0 Å². The number of aryl methyl sites for hydroxylation is 1. The quantitative estimate of drug-likeness (QED) is 0.787. The molecule has 2 N–H and O–H groups in total. The van der Waals surface area contributed by atoms with Crippen LogP contribution in [0.15, 0.2) is 10.6 Å². The number of rotatable bonds is 3. The van der Waals surface area contributed by atoms with Crippen molar-refractivity contribution in [1.29, 1.82) is 0 Å². The Balaban J connectivity index is 1.78. The maximum Gasteiger partial charge on any atom is 0.224 e. The van der Waals surface area contributed by atoms with Crippen molar-refractivity contribution in [3.63, 3.8) is 0 Å². The summed E-state index contributed by atoms with van der Waals surface area (Å²) in [5.41, 5.74) is 0.773. The summed E-state index contributed by atoms with van der Waals surface area (Å²) in [4.78, 5) is 11.8. The van der Waals surface area contributed by atoms with Crippen LogP contribution in [0.3, 0.4) is 0 Å². The molecular weight excluding hydrogens is 206 g/mol. The average molecular weight is 223 g/mol. The zero-order valence-corrected chi connectivity index (χ0v) is 9.45. The van der Waals surface area contributed by atoms with Crippen molar-refractivity contribution in [3.8, 4) is 0 Å². The third kappa shape index (κ3) is 2.82. The fourth-order valence-electron chi connectivity index (χ4n) is 1.90. The molecule has 1 aliphatic heterocycles. The summed E-state index contributed by atoms with van der Waals surface area (Å²) in [6.45, 7) is 4.09. The first-order chi connectivity index (χ1) is 7.75. The first kappa shape index (κ1) is 11.1. The minimum Gasteiger partial charge on any atom is -0.361 e. The van der Waals surface area contributed by atoms with E-state index in [2.05, 4.69) is 15.8 Å². The number of nitrogens with zero attached hydrogens (tertiary/aromatic N) is 1. The fourth-order valence-corrected chi connectivity index (χ4v) is 1.90. The first-order valence-corrected chi connectivity index (χ1v) is 5.66. The smallest absolute Gasteiger partial charge is 0.224 e. The lowest BCUT2D eigenvalue weighted by molar-refractivity contribution is -0.125. The second kappa shape index (κ2) is 5.12. The third-order valence-corrected chi connectivity index (χ3v) is 2.79. The molecule has 1 fully saturated rings. The Morgan fingerprint density at radius 2 is 2.62 bits per heavy atom. The van der Waals surface area contributed by atoms with Gasteiger partial charge in [-0.05, 0) is 26.3 Å². The van der Waals surface area contributed by atoms with Crippen molar-refractivity contribution in [2.45, 2.75) is 26.3 Å². The molecule has 2 heterocycles. The van der Waals surface area contributed by atoms with Gasteiger partial charge in [0, 0.05) is 12.6 Å². The van der Waals surface area contributed by atoms with Crippen LogP contribution >= 0.6 is 0 Å². The van der Waals surface area contributed by atoms with Crippen LogP contribution in [0.2, 0.25) is 0 Å². The summed E-state index contributed by atoms with van der Waals surface area (Å²) < 4.78 is 4.93. The van der Waals surface area contributed by atoms with Crippen molar-refractivity contribution in [1.82, 2.24) is 15.8 Å². The van der Waals surface area contributed by atoms with Crippen LogP contribution in [-0.2, 0) is 11.3 Å². The summed E-state index contributed by atoms with van der Waals surface area (Å²) in [6.07, 6.45) is 2.04. The largest absolute Gasteiger partial charge is 0.361 e. The predicted molar refractivity (Wildman–Crippen MR) is 58.7 cm³/mol. The lowest BCUT2D eigenvalue weighted by Gasteiger charge is -2.21. The second-order valence-corrected chi connectivity index (χ2v) is 4.19. The van der Waals surface area contributed by atoms with E-state index in [-0.39, 0.29) is 11.8 Å². The molecule has 1 aromatic heterocycles. The van der Waals surface area contributed by atoms with E-state index in [1.807, 2.05) is 13.0 Å². The van der Waals surface area contributed by atoms with Crippen molar-refractivity contribution < 1.29 is 9.32 Å². The molecule has 1 aromatic rings. The molecule has 0 spiro atoms. The zero-order valence-electron chi connectivity index (χ0n) is 9.45. The zero-order chi connectivity index (χ0) is 11.4. The molecular formula is C11H17N3O2. The fraction of sp³-hybridized carbons (Fsp3) is 0.636. The van der Waals surface area contributed by atoms with E-state index in [1.54, 1.807) is 0 Å². The van der Waals surface area contributed by atoms with Gasteiger partial charge in [0.15, 0.2) is 0 Å². The molecule has 1 amide bonds. The number of carbonyl (C=O) groups is 1. The van der Waals surface area contributed by atoms with Crippen molar-refractivity contribution in [2.75, 3.05) is 13.1 Å². The van der Waals surface area contributed by atoms with Gasteiger partial charge in [0.25, 0.3) is 0 Å².